The number of nitrogens with two attached hydrogens (primary N) is 1. The van der Waals surface area contributed by atoms with Crippen LogP contribution in [-0.4, -0.2) is 56.9 Å². The minimum absolute atomic E-state index is 0.0796. The minimum Gasteiger partial charge on any atom is -0.395 e. The summed E-state index contributed by atoms with van der Waals surface area (Å²) in [5.41, 5.74) is 5.50. The van der Waals surface area contributed by atoms with Gasteiger partial charge in [-0.15, -0.1) is 0 Å². The summed E-state index contributed by atoms with van der Waals surface area (Å²) in [6, 6.07) is 2.91. The number of amides is 2. The van der Waals surface area contributed by atoms with E-state index < -0.39 is 17.8 Å². The van der Waals surface area contributed by atoms with E-state index in [1.54, 1.807) is 6.07 Å². The van der Waals surface area contributed by atoms with Crippen LogP contribution in [0.5, 0.6) is 0 Å². The Kier molecular flexibility index (Phi) is 4.63. The van der Waals surface area contributed by atoms with Crippen molar-refractivity contribution >= 4 is 23.0 Å². The first-order valence-electron chi connectivity index (χ1n) is 10.7. The number of carbonyl (C=O) groups excluding carboxylic acids is 2. The Morgan fingerprint density at radius 1 is 1.10 bits per heavy atom. The molecule has 3 aliphatic rings. The molecule has 2 amide bonds. The standard InChI is InChI=1S/C21H24F3N5O2/c22-21(23,24)16-10-13(12-5-6-12)9-15-18(25)19(26-29(15)16)20(31)27-7-8-28(17(30)11-27)14-3-1-2-4-14/h9-10,12,14H,1-8,11,25H2. The number of rotatable bonds is 3. The van der Waals surface area contributed by atoms with Gasteiger partial charge >= 0.3 is 6.18 Å². The molecule has 7 nitrogen and oxygen atoms in total. The van der Waals surface area contributed by atoms with Crippen LogP contribution in [-0.2, 0) is 11.0 Å². The highest BCUT2D eigenvalue weighted by molar-refractivity contribution is 6.02. The molecule has 10 heteroatoms. The van der Waals surface area contributed by atoms with Crippen LogP contribution < -0.4 is 5.73 Å². The Labute approximate surface area is 177 Å². The number of halogens is 3. The SMILES string of the molecule is Nc1c(C(=O)N2CCN(C3CCCC3)C(=O)C2)nn2c(C(F)(F)F)cc(C3CC3)cc12. The number of pyridine rings is 1. The van der Waals surface area contributed by atoms with E-state index >= 15 is 0 Å². The molecule has 5 rings (SSSR count). The van der Waals surface area contributed by atoms with Crippen LogP contribution in [0, 0.1) is 0 Å². The Hall–Kier alpha value is -2.78. The van der Waals surface area contributed by atoms with Gasteiger partial charge in [0.1, 0.15) is 12.2 Å². The summed E-state index contributed by atoms with van der Waals surface area (Å²) in [6.45, 7) is 0.623. The van der Waals surface area contributed by atoms with E-state index in [4.69, 9.17) is 5.73 Å². The van der Waals surface area contributed by atoms with Crippen molar-refractivity contribution in [2.24, 2.45) is 0 Å². The van der Waals surface area contributed by atoms with Crippen molar-refractivity contribution in [1.82, 2.24) is 19.4 Å². The summed E-state index contributed by atoms with van der Waals surface area (Å²) in [4.78, 5) is 28.9. The molecular weight excluding hydrogens is 411 g/mol. The van der Waals surface area contributed by atoms with Crippen molar-refractivity contribution in [3.63, 3.8) is 0 Å². The third kappa shape index (κ3) is 3.51. The smallest absolute Gasteiger partial charge is 0.395 e. The summed E-state index contributed by atoms with van der Waals surface area (Å²) < 4.78 is 41.7. The molecule has 3 fully saturated rings. The number of aromatic nitrogens is 2. The minimum atomic E-state index is -4.63. The van der Waals surface area contributed by atoms with Crippen LogP contribution in [0.3, 0.4) is 0 Å². The maximum Gasteiger partial charge on any atom is 0.433 e. The molecule has 2 N–H and O–H groups in total. The Balaban J connectivity index is 1.45. The highest BCUT2D eigenvalue weighted by Crippen LogP contribution is 2.43. The van der Waals surface area contributed by atoms with Crippen LogP contribution >= 0.6 is 0 Å². The zero-order valence-electron chi connectivity index (χ0n) is 17.0. The van der Waals surface area contributed by atoms with E-state index in [1.807, 2.05) is 4.90 Å². The fourth-order valence-corrected chi connectivity index (χ4v) is 4.81. The maximum atomic E-state index is 13.7. The third-order valence-corrected chi connectivity index (χ3v) is 6.65. The van der Waals surface area contributed by atoms with Crippen molar-refractivity contribution < 1.29 is 22.8 Å². The predicted octanol–water partition coefficient (Wildman–Crippen LogP) is 3.04. The van der Waals surface area contributed by atoms with Gasteiger partial charge in [-0.25, -0.2) is 4.52 Å². The van der Waals surface area contributed by atoms with E-state index in [0.29, 0.717) is 23.2 Å². The second-order valence-electron chi connectivity index (χ2n) is 8.76. The number of hydrogen-bond donors (Lipinski definition) is 1. The summed E-state index contributed by atoms with van der Waals surface area (Å²) in [7, 11) is 0. The molecule has 0 radical (unpaired) electrons. The molecule has 31 heavy (non-hydrogen) atoms. The first-order chi connectivity index (χ1) is 14.7. The number of fused-ring (bicyclic) bond motifs is 1. The molecule has 0 bridgehead atoms. The van der Waals surface area contributed by atoms with Crippen LogP contribution in [0.15, 0.2) is 12.1 Å². The summed E-state index contributed by atoms with van der Waals surface area (Å²) in [5.74, 6) is -0.664. The molecule has 0 unspecified atom stereocenters. The van der Waals surface area contributed by atoms with Crippen molar-refractivity contribution in [2.75, 3.05) is 25.4 Å². The molecule has 0 aromatic carbocycles. The van der Waals surface area contributed by atoms with Gasteiger partial charge < -0.3 is 15.5 Å². The first kappa shape index (κ1) is 20.1. The topological polar surface area (TPSA) is 83.9 Å². The lowest BCUT2D eigenvalue weighted by Gasteiger charge is -2.37. The zero-order valence-corrected chi connectivity index (χ0v) is 17.0. The normalized spacial score (nSPS) is 20.8. The molecular formula is C21H24F3N5O2. The largest absolute Gasteiger partial charge is 0.433 e. The van der Waals surface area contributed by atoms with Gasteiger partial charge in [0.15, 0.2) is 5.69 Å². The number of carbonyl (C=O) groups is 2. The fourth-order valence-electron chi connectivity index (χ4n) is 4.81. The number of piperazine rings is 1. The van der Waals surface area contributed by atoms with Crippen LogP contribution in [0.25, 0.3) is 5.52 Å². The number of anilines is 1. The van der Waals surface area contributed by atoms with Gasteiger partial charge in [0.25, 0.3) is 5.91 Å². The molecule has 0 atom stereocenters. The van der Waals surface area contributed by atoms with Gasteiger partial charge in [-0.3, -0.25) is 9.59 Å². The second kappa shape index (κ2) is 7.13. The fraction of sp³-hybridized carbons (Fsp3) is 0.571. The Morgan fingerprint density at radius 3 is 2.42 bits per heavy atom. The molecule has 1 aliphatic heterocycles. The molecule has 166 valence electrons. The van der Waals surface area contributed by atoms with E-state index in [2.05, 4.69) is 5.10 Å². The molecule has 2 saturated carbocycles. The van der Waals surface area contributed by atoms with Crippen molar-refractivity contribution in [2.45, 2.75) is 56.7 Å². The zero-order chi connectivity index (χ0) is 21.9. The highest BCUT2D eigenvalue weighted by atomic mass is 19.4. The quantitative estimate of drug-likeness (QED) is 0.803. The third-order valence-electron chi connectivity index (χ3n) is 6.65. The van der Waals surface area contributed by atoms with Gasteiger partial charge in [0, 0.05) is 19.1 Å². The van der Waals surface area contributed by atoms with E-state index in [0.717, 1.165) is 44.6 Å². The summed E-state index contributed by atoms with van der Waals surface area (Å²) in [6.07, 6.45) is 1.18. The average molecular weight is 435 g/mol. The summed E-state index contributed by atoms with van der Waals surface area (Å²) >= 11 is 0. The van der Waals surface area contributed by atoms with E-state index in [9.17, 15) is 22.8 Å². The van der Waals surface area contributed by atoms with Crippen LogP contribution in [0.1, 0.15) is 66.2 Å². The monoisotopic (exact) mass is 435 g/mol. The van der Waals surface area contributed by atoms with Crippen molar-refractivity contribution in [3.05, 3.63) is 29.1 Å². The van der Waals surface area contributed by atoms with Crippen LogP contribution in [0.4, 0.5) is 18.9 Å². The first-order valence-corrected chi connectivity index (χ1v) is 10.7. The Bertz CT molecular complexity index is 1050. The van der Waals surface area contributed by atoms with Gasteiger partial charge in [0.05, 0.1) is 11.2 Å². The van der Waals surface area contributed by atoms with Crippen LogP contribution in [0.2, 0.25) is 0 Å². The number of alkyl halides is 3. The number of nitrogens with zero attached hydrogens (tertiary/aromatic N) is 4. The highest BCUT2D eigenvalue weighted by Gasteiger charge is 2.39. The maximum absolute atomic E-state index is 13.7. The molecule has 1 saturated heterocycles. The number of nitrogen functional groups attached to an aromatic ring is 1. The molecule has 3 heterocycles. The molecule has 2 aliphatic carbocycles. The Morgan fingerprint density at radius 2 is 1.81 bits per heavy atom. The van der Waals surface area contributed by atoms with Gasteiger partial charge in [0.2, 0.25) is 5.91 Å². The average Bonchev–Trinajstić information content (AvgIpc) is 3.33. The van der Waals surface area contributed by atoms with Gasteiger partial charge in [-0.1, -0.05) is 12.8 Å². The van der Waals surface area contributed by atoms with Gasteiger partial charge in [-0.05, 0) is 49.3 Å². The molecule has 2 aromatic heterocycles. The lowest BCUT2D eigenvalue weighted by Crippen LogP contribution is -2.55. The van der Waals surface area contributed by atoms with Gasteiger partial charge in [-0.2, -0.15) is 18.3 Å². The predicted molar refractivity (Wildman–Crippen MR) is 106 cm³/mol. The van der Waals surface area contributed by atoms with Crippen molar-refractivity contribution in [3.8, 4) is 0 Å². The van der Waals surface area contributed by atoms with E-state index in [-0.39, 0.29) is 41.3 Å². The number of hydrogen-bond acceptors (Lipinski definition) is 4. The molecule has 2 aromatic rings. The van der Waals surface area contributed by atoms with E-state index in [1.165, 1.54) is 4.90 Å². The second-order valence-corrected chi connectivity index (χ2v) is 8.76. The van der Waals surface area contributed by atoms with Crippen molar-refractivity contribution in [1.29, 1.82) is 0 Å². The summed E-state index contributed by atoms with van der Waals surface area (Å²) in [5, 5.41) is 3.95. The molecule has 0 spiro atoms. The lowest BCUT2D eigenvalue weighted by molar-refractivity contribution is -0.142. The lowest BCUT2D eigenvalue weighted by atomic mass is 10.1.